The standard InChI is InChI=1S/C18H22NO.C7H4NS.Sn/c1-4-13-19(2)14-15-5-7-16(8-6-15)17-9-11-18(20-3)12-10-17;1-2-4-7-6(3-1)5-8-9-7;/h5-12H,1,4,13-14H2,2-3H3;1-4H;. The molecule has 3 nitrogen and oxygen atoms in total. The molecule has 0 aliphatic rings. The molecule has 0 amide bonds. The third kappa shape index (κ3) is 5.42. The molecule has 0 N–H and O–H groups in total. The Bertz CT molecular complexity index is 1080. The van der Waals surface area contributed by atoms with Crippen LogP contribution in [-0.2, 0) is 6.54 Å². The Balaban J connectivity index is 1.24. The first-order valence-electron chi connectivity index (χ1n) is 10.2. The third-order valence-electron chi connectivity index (χ3n) is 5.22. The van der Waals surface area contributed by atoms with Crippen LogP contribution in [0.2, 0.25) is 4.44 Å². The van der Waals surface area contributed by atoms with Gasteiger partial charge in [0.15, 0.2) is 0 Å². The number of benzene rings is 3. The Morgan fingerprint density at radius 1 is 0.933 bits per heavy atom. The number of nitrogens with zero attached hydrogens (tertiary/aromatic N) is 2. The fraction of sp³-hybridized carbons (Fsp3) is 0.240. The first kappa shape index (κ1) is 21.3. The van der Waals surface area contributed by atoms with Crippen molar-refractivity contribution in [2.75, 3.05) is 20.7 Å². The molecule has 0 aliphatic heterocycles. The zero-order chi connectivity index (χ0) is 20.8. The normalized spacial score (nSPS) is 11.3. The maximum absolute atomic E-state index is 5.24. The van der Waals surface area contributed by atoms with Gasteiger partial charge in [-0.05, 0) is 0 Å². The molecule has 0 unspecified atom stereocenters. The second kappa shape index (κ2) is 10.4. The van der Waals surface area contributed by atoms with E-state index in [-0.39, 0.29) is 0 Å². The van der Waals surface area contributed by atoms with Gasteiger partial charge in [0, 0.05) is 0 Å². The molecule has 4 aromatic rings. The van der Waals surface area contributed by atoms with Crippen molar-refractivity contribution in [2.45, 2.75) is 17.4 Å². The van der Waals surface area contributed by atoms with Gasteiger partial charge < -0.3 is 4.74 Å². The first-order chi connectivity index (χ1) is 14.7. The summed E-state index contributed by atoms with van der Waals surface area (Å²) in [5.74, 6) is 0.892. The number of methoxy groups -OCH3 is 1. The molecule has 1 aromatic heterocycles. The number of aromatic nitrogens is 1. The quantitative estimate of drug-likeness (QED) is 0.223. The molecule has 0 fully saturated rings. The van der Waals surface area contributed by atoms with E-state index in [1.807, 2.05) is 12.1 Å². The van der Waals surface area contributed by atoms with Crippen LogP contribution in [-0.4, -0.2) is 51.1 Å². The van der Waals surface area contributed by atoms with E-state index in [0.29, 0.717) is 0 Å². The Hall–Kier alpha value is -1.89. The molecule has 0 saturated carbocycles. The van der Waals surface area contributed by atoms with Gasteiger partial charge in [0.05, 0.1) is 7.11 Å². The van der Waals surface area contributed by atoms with Gasteiger partial charge in [-0.1, -0.05) is 0 Å². The van der Waals surface area contributed by atoms with Crippen LogP contribution in [0.1, 0.15) is 12.0 Å². The van der Waals surface area contributed by atoms with Gasteiger partial charge in [0.25, 0.3) is 0 Å². The maximum atomic E-state index is 5.24. The van der Waals surface area contributed by atoms with Gasteiger partial charge in [-0.15, -0.1) is 0 Å². The summed E-state index contributed by atoms with van der Waals surface area (Å²) in [6.07, 6.45) is 1.26. The molecule has 152 valence electrons. The van der Waals surface area contributed by atoms with Crippen LogP contribution < -0.4 is 8.45 Å². The van der Waals surface area contributed by atoms with E-state index in [2.05, 4.69) is 72.6 Å². The summed E-state index contributed by atoms with van der Waals surface area (Å²) in [7, 11) is 3.92. The Labute approximate surface area is 193 Å². The van der Waals surface area contributed by atoms with Crippen molar-refractivity contribution < 1.29 is 4.74 Å². The van der Waals surface area contributed by atoms with Gasteiger partial charge in [-0.25, -0.2) is 0 Å². The molecule has 1 heterocycles. The van der Waals surface area contributed by atoms with E-state index in [9.17, 15) is 0 Å². The molecule has 0 bridgehead atoms. The van der Waals surface area contributed by atoms with Crippen LogP contribution >= 0.6 is 11.5 Å². The van der Waals surface area contributed by atoms with E-state index < -0.39 is 21.1 Å². The van der Waals surface area contributed by atoms with Gasteiger partial charge in [0.1, 0.15) is 5.75 Å². The molecule has 4 rings (SSSR count). The number of rotatable bonds is 9. The topological polar surface area (TPSA) is 25.4 Å². The fourth-order valence-electron chi connectivity index (χ4n) is 3.55. The van der Waals surface area contributed by atoms with Crippen molar-refractivity contribution >= 4 is 46.5 Å². The van der Waals surface area contributed by atoms with Crippen molar-refractivity contribution in [2.24, 2.45) is 0 Å². The minimum absolute atomic E-state index is 0.582. The average molecular weight is 521 g/mol. The second-order valence-corrected chi connectivity index (χ2v) is 12.1. The van der Waals surface area contributed by atoms with Crippen molar-refractivity contribution in [3.05, 3.63) is 78.4 Å². The van der Waals surface area contributed by atoms with Gasteiger partial charge in [-0.3, -0.25) is 0 Å². The fourth-order valence-corrected chi connectivity index (χ4v) is 8.30. The number of hydrogen-bond acceptors (Lipinski definition) is 4. The van der Waals surface area contributed by atoms with Crippen LogP contribution in [0.25, 0.3) is 21.2 Å². The van der Waals surface area contributed by atoms with Crippen LogP contribution in [0.4, 0.5) is 0 Å². The summed E-state index contributed by atoms with van der Waals surface area (Å²) >= 11 is 1.08. The summed E-state index contributed by atoms with van der Waals surface area (Å²) in [5.41, 5.74) is 3.82. The zero-order valence-electron chi connectivity index (χ0n) is 17.5. The van der Waals surface area contributed by atoms with Crippen molar-refractivity contribution in [3.8, 4) is 16.9 Å². The summed E-state index contributed by atoms with van der Waals surface area (Å²) in [6.45, 7) is 2.14. The monoisotopic (exact) mass is 522 g/mol. The van der Waals surface area contributed by atoms with E-state index in [1.54, 1.807) is 18.6 Å². The molecule has 0 atom stereocenters. The van der Waals surface area contributed by atoms with E-state index in [4.69, 9.17) is 9.11 Å². The molecule has 0 saturated heterocycles. The molecular weight excluding hydrogens is 495 g/mol. The summed E-state index contributed by atoms with van der Waals surface area (Å²) in [6, 6.07) is 25.8. The second-order valence-electron chi connectivity index (χ2n) is 7.47. The van der Waals surface area contributed by atoms with Crippen LogP contribution in [0.15, 0.2) is 72.8 Å². The predicted octanol–water partition coefficient (Wildman–Crippen LogP) is 5.24. The molecule has 0 aliphatic carbocycles. The first-order valence-corrected chi connectivity index (χ1v) is 14.4. The van der Waals surface area contributed by atoms with Gasteiger partial charge >= 0.3 is 176 Å². The van der Waals surface area contributed by atoms with E-state index >= 15 is 0 Å². The zero-order valence-corrected chi connectivity index (χ0v) is 21.1. The predicted molar refractivity (Wildman–Crippen MR) is 129 cm³/mol. The summed E-state index contributed by atoms with van der Waals surface area (Å²) in [5, 5.41) is 1.40. The van der Waals surface area contributed by atoms with Crippen molar-refractivity contribution in [1.29, 1.82) is 0 Å². The SMILES string of the molecule is COc1ccc(-c2ccc(CN(C)CC[CH2][Sn][c]3nsc4ccccc34)cc2)cc1. The van der Waals surface area contributed by atoms with Crippen molar-refractivity contribution in [1.82, 2.24) is 9.27 Å². The molecule has 0 spiro atoms. The third-order valence-corrected chi connectivity index (χ3v) is 10.3. The Morgan fingerprint density at radius 2 is 1.63 bits per heavy atom. The number of hydrogen-bond donors (Lipinski definition) is 0. The Kier molecular flexibility index (Phi) is 7.41. The molecule has 30 heavy (non-hydrogen) atoms. The number of ether oxygens (including phenoxy) is 1. The molecule has 3 aromatic carbocycles. The minimum atomic E-state index is -0.582. The van der Waals surface area contributed by atoms with Crippen LogP contribution in [0.3, 0.4) is 0 Å². The average Bonchev–Trinajstić information content (AvgIpc) is 3.20. The molecular formula is C25H26N2OSSn. The molecule has 5 heteroatoms. The van der Waals surface area contributed by atoms with Gasteiger partial charge in [-0.2, -0.15) is 0 Å². The molecule has 2 radical (unpaired) electrons. The van der Waals surface area contributed by atoms with E-state index in [0.717, 1.165) is 18.8 Å². The van der Waals surface area contributed by atoms with Crippen LogP contribution in [0, 0.1) is 0 Å². The van der Waals surface area contributed by atoms with Crippen molar-refractivity contribution in [3.63, 3.8) is 0 Å². The van der Waals surface area contributed by atoms with Crippen LogP contribution in [0.5, 0.6) is 5.75 Å². The number of fused-ring (bicyclic) bond motifs is 1. The Morgan fingerprint density at radius 3 is 2.37 bits per heavy atom. The van der Waals surface area contributed by atoms with Gasteiger partial charge in [0.2, 0.25) is 0 Å². The summed E-state index contributed by atoms with van der Waals surface area (Å²) in [4.78, 5) is 2.43. The van der Waals surface area contributed by atoms with E-state index in [1.165, 1.54) is 41.3 Å². The summed E-state index contributed by atoms with van der Waals surface area (Å²) < 4.78 is 14.1.